The highest BCUT2D eigenvalue weighted by Gasteiger charge is 2.19. The number of rotatable bonds is 2. The van der Waals surface area contributed by atoms with Gasteiger partial charge in [-0.2, -0.15) is 5.01 Å². The van der Waals surface area contributed by atoms with Gasteiger partial charge in [0.2, 0.25) is 0 Å². The molecule has 0 aliphatic heterocycles. The Morgan fingerprint density at radius 2 is 2.00 bits per heavy atom. The molecular formula is C13H18BrClFN3O2. The van der Waals surface area contributed by atoms with Crippen LogP contribution < -0.4 is 5.73 Å². The fourth-order valence-electron chi connectivity index (χ4n) is 1.24. The van der Waals surface area contributed by atoms with E-state index in [2.05, 4.69) is 21.0 Å². The van der Waals surface area contributed by atoms with Gasteiger partial charge in [-0.05, 0) is 54.9 Å². The summed E-state index contributed by atoms with van der Waals surface area (Å²) in [6.45, 7) is 5.24. The Morgan fingerprint density at radius 1 is 1.43 bits per heavy atom. The smallest absolute Gasteiger partial charge is 0.430 e. The lowest BCUT2D eigenvalue weighted by atomic mass is 10.2. The van der Waals surface area contributed by atoms with Gasteiger partial charge in [0.05, 0.1) is 4.47 Å². The van der Waals surface area contributed by atoms with Crippen molar-refractivity contribution in [1.29, 1.82) is 0 Å². The summed E-state index contributed by atoms with van der Waals surface area (Å²) in [6.07, 6.45) is -0.641. The van der Waals surface area contributed by atoms with Gasteiger partial charge in [0.15, 0.2) is 5.84 Å². The third-order valence-corrected chi connectivity index (χ3v) is 2.77. The van der Waals surface area contributed by atoms with Gasteiger partial charge in [0.1, 0.15) is 11.4 Å². The molecule has 21 heavy (non-hydrogen) atoms. The molecule has 1 aromatic carbocycles. The van der Waals surface area contributed by atoms with Gasteiger partial charge in [-0.1, -0.05) is 0 Å². The molecule has 1 rings (SSSR count). The Labute approximate surface area is 137 Å². The Morgan fingerprint density at radius 3 is 2.48 bits per heavy atom. The van der Waals surface area contributed by atoms with Crippen molar-refractivity contribution in [3.8, 4) is 0 Å². The molecule has 0 saturated heterocycles. The van der Waals surface area contributed by atoms with E-state index < -0.39 is 17.5 Å². The van der Waals surface area contributed by atoms with Crippen LogP contribution in [0.15, 0.2) is 27.8 Å². The minimum Gasteiger partial charge on any atom is -0.442 e. The summed E-state index contributed by atoms with van der Waals surface area (Å²) in [5.41, 5.74) is 5.49. The predicted octanol–water partition coefficient (Wildman–Crippen LogP) is 3.50. The number of hydrazone groups is 1. The SMILES string of the molecule is CN(N=C(N)c1ccc(Br)c(F)c1)C(=O)OC(C)(C)C.Cl. The Hall–Kier alpha value is -1.34. The quantitative estimate of drug-likeness (QED) is 0.483. The zero-order chi connectivity index (χ0) is 15.5. The average Bonchev–Trinajstić information content (AvgIpc) is 2.30. The Balaban J connectivity index is 0.00000400. The highest BCUT2D eigenvalue weighted by atomic mass is 79.9. The van der Waals surface area contributed by atoms with Crippen molar-refractivity contribution >= 4 is 40.3 Å². The minimum absolute atomic E-state index is 0. The molecule has 0 bridgehead atoms. The van der Waals surface area contributed by atoms with Gasteiger partial charge in [-0.3, -0.25) is 0 Å². The van der Waals surface area contributed by atoms with Crippen LogP contribution in [0, 0.1) is 5.82 Å². The van der Waals surface area contributed by atoms with Crippen molar-refractivity contribution < 1.29 is 13.9 Å². The number of nitrogens with two attached hydrogens (primary N) is 1. The predicted molar refractivity (Wildman–Crippen MR) is 86.1 cm³/mol. The molecule has 118 valence electrons. The topological polar surface area (TPSA) is 67.9 Å². The van der Waals surface area contributed by atoms with Crippen molar-refractivity contribution in [2.45, 2.75) is 26.4 Å². The molecular weight excluding hydrogens is 365 g/mol. The number of amides is 1. The molecule has 0 unspecified atom stereocenters. The van der Waals surface area contributed by atoms with Gasteiger partial charge in [0.25, 0.3) is 0 Å². The molecule has 0 atom stereocenters. The zero-order valence-electron chi connectivity index (χ0n) is 12.2. The molecule has 0 spiro atoms. The molecule has 1 amide bonds. The van der Waals surface area contributed by atoms with E-state index in [4.69, 9.17) is 10.5 Å². The maximum absolute atomic E-state index is 13.4. The van der Waals surface area contributed by atoms with Crippen molar-refractivity contribution in [2.24, 2.45) is 10.8 Å². The van der Waals surface area contributed by atoms with Crippen LogP contribution in [-0.4, -0.2) is 29.6 Å². The molecule has 0 heterocycles. The molecule has 0 radical (unpaired) electrons. The van der Waals surface area contributed by atoms with Crippen molar-refractivity contribution in [1.82, 2.24) is 5.01 Å². The molecule has 0 aliphatic rings. The van der Waals surface area contributed by atoms with Gasteiger partial charge < -0.3 is 10.5 Å². The van der Waals surface area contributed by atoms with Gasteiger partial charge in [-0.15, -0.1) is 17.5 Å². The number of hydrogen-bond donors (Lipinski definition) is 1. The standard InChI is InChI=1S/C13H17BrFN3O2.ClH/c1-13(2,3)20-12(19)18(4)17-11(16)8-5-6-9(14)10(15)7-8;/h5-7H,1-4H3,(H2,16,17);1H. The van der Waals surface area contributed by atoms with E-state index in [1.165, 1.54) is 19.2 Å². The van der Waals surface area contributed by atoms with Crippen LogP contribution in [0.2, 0.25) is 0 Å². The van der Waals surface area contributed by atoms with Crippen LogP contribution >= 0.6 is 28.3 Å². The minimum atomic E-state index is -0.641. The van der Waals surface area contributed by atoms with E-state index in [0.717, 1.165) is 5.01 Å². The second-order valence-corrected chi connectivity index (χ2v) is 5.97. The van der Waals surface area contributed by atoms with Crippen LogP contribution in [0.5, 0.6) is 0 Å². The van der Waals surface area contributed by atoms with E-state index in [1.54, 1.807) is 26.8 Å². The zero-order valence-corrected chi connectivity index (χ0v) is 14.6. The maximum Gasteiger partial charge on any atom is 0.430 e. The van der Waals surface area contributed by atoms with Crippen LogP contribution in [-0.2, 0) is 4.74 Å². The van der Waals surface area contributed by atoms with E-state index in [9.17, 15) is 9.18 Å². The van der Waals surface area contributed by atoms with Gasteiger partial charge in [-0.25, -0.2) is 9.18 Å². The fraction of sp³-hybridized carbons (Fsp3) is 0.385. The third-order valence-electron chi connectivity index (χ3n) is 2.13. The normalized spacial score (nSPS) is 11.6. The summed E-state index contributed by atoms with van der Waals surface area (Å²) < 4.78 is 18.8. The second-order valence-electron chi connectivity index (χ2n) is 5.12. The number of halogens is 3. The number of ether oxygens (including phenoxy) is 1. The summed E-state index contributed by atoms with van der Waals surface area (Å²) >= 11 is 3.05. The summed E-state index contributed by atoms with van der Waals surface area (Å²) in [4.78, 5) is 11.7. The summed E-state index contributed by atoms with van der Waals surface area (Å²) in [6, 6.07) is 4.33. The molecule has 0 aromatic heterocycles. The number of nitrogens with zero attached hydrogens (tertiary/aromatic N) is 2. The van der Waals surface area contributed by atoms with Crippen LogP contribution in [0.4, 0.5) is 9.18 Å². The molecule has 0 saturated carbocycles. The van der Waals surface area contributed by atoms with Gasteiger partial charge >= 0.3 is 6.09 Å². The molecule has 1 aromatic rings. The number of hydrogen-bond acceptors (Lipinski definition) is 3. The number of benzene rings is 1. The first kappa shape index (κ1) is 19.7. The lowest BCUT2D eigenvalue weighted by Gasteiger charge is -2.22. The Kier molecular flexibility index (Phi) is 7.12. The van der Waals surface area contributed by atoms with E-state index in [0.29, 0.717) is 10.0 Å². The van der Waals surface area contributed by atoms with Crippen molar-refractivity contribution in [3.63, 3.8) is 0 Å². The number of amidine groups is 1. The fourth-order valence-corrected chi connectivity index (χ4v) is 1.49. The highest BCUT2D eigenvalue weighted by molar-refractivity contribution is 9.10. The molecule has 8 heteroatoms. The largest absolute Gasteiger partial charge is 0.442 e. The highest BCUT2D eigenvalue weighted by Crippen LogP contribution is 2.16. The third kappa shape index (κ3) is 6.31. The second kappa shape index (κ2) is 7.61. The van der Waals surface area contributed by atoms with Gasteiger partial charge in [0, 0.05) is 12.6 Å². The molecule has 2 N–H and O–H groups in total. The van der Waals surface area contributed by atoms with Crippen molar-refractivity contribution in [3.05, 3.63) is 34.1 Å². The monoisotopic (exact) mass is 381 g/mol. The van der Waals surface area contributed by atoms with Crippen molar-refractivity contribution in [2.75, 3.05) is 7.05 Å². The summed E-state index contributed by atoms with van der Waals surface area (Å²) in [5.74, 6) is -0.440. The lowest BCUT2D eigenvalue weighted by Crippen LogP contribution is -2.33. The van der Waals surface area contributed by atoms with E-state index in [-0.39, 0.29) is 18.2 Å². The maximum atomic E-state index is 13.4. The first-order valence-corrected chi connectivity index (χ1v) is 6.65. The number of carbonyl (C=O) groups is 1. The Bertz CT molecular complexity index is 547. The lowest BCUT2D eigenvalue weighted by molar-refractivity contribution is 0.0303. The average molecular weight is 383 g/mol. The van der Waals surface area contributed by atoms with Crippen LogP contribution in [0.1, 0.15) is 26.3 Å². The summed E-state index contributed by atoms with van der Waals surface area (Å²) in [5, 5.41) is 4.85. The first-order valence-electron chi connectivity index (χ1n) is 5.86. The molecule has 0 aliphatic carbocycles. The van der Waals surface area contributed by atoms with Crippen LogP contribution in [0.25, 0.3) is 0 Å². The number of carbonyl (C=O) groups excluding carboxylic acids is 1. The van der Waals surface area contributed by atoms with Crippen LogP contribution in [0.3, 0.4) is 0 Å². The first-order chi connectivity index (χ1) is 9.10. The van der Waals surface area contributed by atoms with E-state index in [1.807, 2.05) is 0 Å². The molecule has 0 fully saturated rings. The summed E-state index contributed by atoms with van der Waals surface area (Å²) in [7, 11) is 1.41. The van der Waals surface area contributed by atoms with E-state index >= 15 is 0 Å². The molecule has 5 nitrogen and oxygen atoms in total.